The maximum atomic E-state index is 13.8. The van der Waals surface area contributed by atoms with E-state index >= 15 is 0 Å². The van der Waals surface area contributed by atoms with Crippen LogP contribution in [0.25, 0.3) is 10.9 Å². The first kappa shape index (κ1) is 11.7. The lowest BCUT2D eigenvalue weighted by Gasteiger charge is -2.15. The van der Waals surface area contributed by atoms with E-state index in [0.717, 1.165) is 6.07 Å². The molecular weight excluding hydrogens is 389 g/mol. The Balaban J connectivity index is 2.00. The fourth-order valence-corrected chi connectivity index (χ4v) is 2.51. The van der Waals surface area contributed by atoms with Crippen molar-refractivity contribution in [3.8, 4) is 23.8 Å². The van der Waals surface area contributed by atoms with Crippen LogP contribution >= 0.6 is 0 Å². The van der Waals surface area contributed by atoms with Gasteiger partial charge in [-0.25, -0.2) is 14.4 Å². The molecule has 8 heteroatoms. The summed E-state index contributed by atoms with van der Waals surface area (Å²) in [4.78, 5) is 8.28. The molecule has 0 amide bonds. The largest absolute Gasteiger partial charge is 0.487 e. The maximum Gasteiger partial charge on any atom is 0.163 e. The van der Waals surface area contributed by atoms with E-state index in [1.807, 2.05) is 0 Å². The molecule has 0 fully saturated rings. The summed E-state index contributed by atoms with van der Waals surface area (Å²) in [6, 6.07) is 6.51. The van der Waals surface area contributed by atoms with Crippen molar-refractivity contribution in [2.75, 3.05) is 45.7 Å². The van der Waals surface area contributed by atoms with E-state index in [2.05, 4.69) is 30.7 Å². The van der Waals surface area contributed by atoms with Crippen molar-refractivity contribution < 1.29 is 37.0 Å². The van der Waals surface area contributed by atoms with Crippen LogP contribution in [0, 0.1) is 18.2 Å². The number of rotatable bonds is 10. The van der Waals surface area contributed by atoms with Crippen molar-refractivity contribution in [2.45, 2.75) is 0 Å². The molecule has 156 valence electrons. The zero-order valence-electron chi connectivity index (χ0n) is 25.4. The number of nitrogens with zero attached hydrogens (tertiary/aromatic N) is 2. The standard InChI is InChI=1S/C22H22FN3O4/c1-4-15-11-16(5-6-18(15)23)26-22-17-12-20(29-9-7-27-2)21(30-10-8-28-3)13-19(17)24-14-25-22/h1,5-6,11-14H,7-10H2,2-3H3,(H,24,25,26)/i2D3,3D3,7D2,8D2. The number of nitrogens with one attached hydrogen (secondary N) is 1. The Kier molecular flexibility index (Phi) is 4.05. The van der Waals surface area contributed by atoms with Gasteiger partial charge in [0.1, 0.15) is 31.2 Å². The molecule has 0 saturated heterocycles. The smallest absolute Gasteiger partial charge is 0.163 e. The molecule has 0 unspecified atom stereocenters. The Labute approximate surface area is 188 Å². The van der Waals surface area contributed by atoms with Crippen molar-refractivity contribution in [2.24, 2.45) is 0 Å². The number of fused-ring (bicyclic) bond motifs is 1. The van der Waals surface area contributed by atoms with Crippen LogP contribution < -0.4 is 14.8 Å². The average molecular weight is 421 g/mol. The van der Waals surface area contributed by atoms with Crippen LogP contribution in [-0.2, 0) is 9.47 Å². The molecule has 0 spiro atoms. The second kappa shape index (κ2) is 10.4. The predicted molar refractivity (Wildman–Crippen MR) is 112 cm³/mol. The number of halogens is 1. The van der Waals surface area contributed by atoms with Gasteiger partial charge in [0.25, 0.3) is 0 Å². The number of anilines is 2. The molecule has 1 N–H and O–H groups in total. The molecule has 3 rings (SSSR count). The van der Waals surface area contributed by atoms with Crippen molar-refractivity contribution in [1.29, 1.82) is 0 Å². The first-order valence-corrected chi connectivity index (χ1v) is 8.34. The molecule has 1 heterocycles. The van der Waals surface area contributed by atoms with Gasteiger partial charge >= 0.3 is 0 Å². The van der Waals surface area contributed by atoms with E-state index in [-0.39, 0.29) is 33.8 Å². The van der Waals surface area contributed by atoms with E-state index in [1.54, 1.807) is 0 Å². The van der Waals surface area contributed by atoms with Gasteiger partial charge in [-0.1, -0.05) is 5.92 Å². The van der Waals surface area contributed by atoms with E-state index in [0.29, 0.717) is 5.69 Å². The van der Waals surface area contributed by atoms with Gasteiger partial charge in [-0.15, -0.1) is 6.42 Å². The van der Waals surface area contributed by atoms with Crippen molar-refractivity contribution >= 4 is 22.4 Å². The third kappa shape index (κ3) is 5.14. The summed E-state index contributed by atoms with van der Waals surface area (Å²) in [6.45, 7) is -7.42. The fraction of sp³-hybridized carbons (Fsp3) is 0.273. The van der Waals surface area contributed by atoms with E-state index in [9.17, 15) is 4.39 Å². The number of ether oxygens (including phenoxy) is 4. The van der Waals surface area contributed by atoms with Crippen molar-refractivity contribution in [3.05, 3.63) is 48.0 Å². The number of hydrogen-bond acceptors (Lipinski definition) is 7. The van der Waals surface area contributed by atoms with E-state index in [4.69, 9.17) is 29.6 Å². The summed E-state index contributed by atoms with van der Waals surface area (Å²) >= 11 is 0. The third-order valence-corrected chi connectivity index (χ3v) is 3.80. The molecule has 0 aliphatic carbocycles. The summed E-state index contributed by atoms with van der Waals surface area (Å²) in [7, 11) is -6.14. The number of aromatic nitrogens is 2. The summed E-state index contributed by atoms with van der Waals surface area (Å²) < 4.78 is 107. The lowest BCUT2D eigenvalue weighted by Crippen LogP contribution is -2.09. The topological polar surface area (TPSA) is 74.7 Å². The van der Waals surface area contributed by atoms with Crippen LogP contribution in [0.4, 0.5) is 15.9 Å². The minimum atomic E-state index is -3.07. The molecule has 0 aliphatic rings. The van der Waals surface area contributed by atoms with Crippen LogP contribution in [0.3, 0.4) is 0 Å². The normalized spacial score (nSPS) is 17.3. The Hall–Kier alpha value is -3.41. The zero-order valence-corrected chi connectivity index (χ0v) is 15.4. The number of terminal acetylenes is 1. The second-order valence-electron chi connectivity index (χ2n) is 5.57. The maximum absolute atomic E-state index is 13.8. The molecule has 0 aliphatic heterocycles. The molecule has 1 aromatic heterocycles. The molecule has 3 aromatic rings. The van der Waals surface area contributed by atoms with Crippen LogP contribution in [0.15, 0.2) is 36.7 Å². The fourth-order valence-electron chi connectivity index (χ4n) is 2.51. The Morgan fingerprint density at radius 2 is 1.83 bits per heavy atom. The first-order chi connectivity index (χ1) is 18.4. The molecule has 2 aromatic carbocycles. The molecule has 0 saturated carbocycles. The molecule has 7 nitrogen and oxygen atoms in total. The van der Waals surface area contributed by atoms with Gasteiger partial charge in [0.05, 0.1) is 37.9 Å². The lowest BCUT2D eigenvalue weighted by molar-refractivity contribution is 0.132. The summed E-state index contributed by atoms with van der Waals surface area (Å²) in [5.41, 5.74) is 0.584. The predicted octanol–water partition coefficient (Wildman–Crippen LogP) is 3.54. The van der Waals surface area contributed by atoms with Gasteiger partial charge < -0.3 is 24.3 Å². The van der Waals surface area contributed by atoms with Gasteiger partial charge in [0, 0.05) is 31.2 Å². The first-order valence-electron chi connectivity index (χ1n) is 13.3. The Morgan fingerprint density at radius 3 is 2.53 bits per heavy atom. The van der Waals surface area contributed by atoms with Crippen LogP contribution in [0.2, 0.25) is 0 Å². The average Bonchev–Trinajstić information content (AvgIpc) is 2.79. The van der Waals surface area contributed by atoms with Gasteiger partial charge in [-0.2, -0.15) is 0 Å². The second-order valence-corrected chi connectivity index (χ2v) is 5.57. The van der Waals surface area contributed by atoms with Crippen LogP contribution in [0.1, 0.15) is 19.3 Å². The Bertz CT molecular complexity index is 1410. The lowest BCUT2D eigenvalue weighted by atomic mass is 10.1. The van der Waals surface area contributed by atoms with Crippen LogP contribution in [0.5, 0.6) is 11.5 Å². The number of hydrogen-bond donors (Lipinski definition) is 1. The number of methoxy groups -OCH3 is 2. The minimum Gasteiger partial charge on any atom is -0.487 e. The highest BCUT2D eigenvalue weighted by molar-refractivity contribution is 5.93. The van der Waals surface area contributed by atoms with E-state index < -0.39 is 46.2 Å². The summed E-state index contributed by atoms with van der Waals surface area (Å²) in [6.07, 6.45) is 6.50. The highest BCUT2D eigenvalue weighted by Gasteiger charge is 2.13. The minimum absolute atomic E-state index is 0.00638. The van der Waals surface area contributed by atoms with Gasteiger partial charge in [0.2, 0.25) is 0 Å². The SMILES string of the molecule is [2H]C([2H])([2H])OC([2H])([2H])COc1cc2ncnc(Nc3ccc(F)c(C#C)c3)c2cc1OCC([2H])([2H])OC([2H])([2H])[2H]. The van der Waals surface area contributed by atoms with E-state index in [1.165, 1.54) is 30.6 Å². The van der Waals surface area contributed by atoms with Crippen LogP contribution in [-0.4, -0.2) is 50.4 Å². The molecular formula is C22H22FN3O4. The summed E-state index contributed by atoms with van der Waals surface area (Å²) in [5, 5.41) is 3.23. The summed E-state index contributed by atoms with van der Waals surface area (Å²) in [5.74, 6) is 1.35. The van der Waals surface area contributed by atoms with Gasteiger partial charge in [-0.3, -0.25) is 0 Å². The highest BCUT2D eigenvalue weighted by Crippen LogP contribution is 2.35. The molecule has 0 bridgehead atoms. The van der Waals surface area contributed by atoms with Gasteiger partial charge in [-0.05, 0) is 24.3 Å². The third-order valence-electron chi connectivity index (χ3n) is 3.80. The molecule has 0 atom stereocenters. The number of benzene rings is 2. The monoisotopic (exact) mass is 421 g/mol. The zero-order chi connectivity index (χ0) is 29.9. The quantitative estimate of drug-likeness (QED) is 0.502. The highest BCUT2D eigenvalue weighted by atomic mass is 19.1. The Morgan fingerprint density at radius 1 is 1.10 bits per heavy atom. The molecule has 30 heavy (non-hydrogen) atoms. The van der Waals surface area contributed by atoms with Crippen molar-refractivity contribution in [3.63, 3.8) is 0 Å². The van der Waals surface area contributed by atoms with Crippen molar-refractivity contribution in [1.82, 2.24) is 9.97 Å². The molecule has 0 radical (unpaired) electrons. The van der Waals surface area contributed by atoms with Gasteiger partial charge in [0.15, 0.2) is 11.5 Å².